The third kappa shape index (κ3) is 2.65. The monoisotopic (exact) mass is 218 g/mol. The smallest absolute Gasteiger partial charge is 0.132 e. The molecule has 3 nitrogen and oxygen atoms in total. The van der Waals surface area contributed by atoms with Gasteiger partial charge in [-0.25, -0.2) is 9.97 Å². The summed E-state index contributed by atoms with van der Waals surface area (Å²) in [6.07, 6.45) is 7.23. The Hall–Kier alpha value is -1.25. The van der Waals surface area contributed by atoms with Gasteiger partial charge in [-0.3, -0.25) is 4.79 Å². The number of Topliss-reactive ketones (excluding diaryl/α,β-unsaturated/α-hetero) is 1. The molecule has 1 aliphatic carbocycles. The van der Waals surface area contributed by atoms with Crippen molar-refractivity contribution < 1.29 is 4.79 Å². The first kappa shape index (κ1) is 11.2. The fourth-order valence-corrected chi connectivity index (χ4v) is 2.20. The topological polar surface area (TPSA) is 42.9 Å². The van der Waals surface area contributed by atoms with Gasteiger partial charge in [-0.2, -0.15) is 0 Å². The fourth-order valence-electron chi connectivity index (χ4n) is 2.20. The predicted molar refractivity (Wildman–Crippen MR) is 62.2 cm³/mol. The molecule has 0 N–H and O–H groups in total. The number of hydrogen-bond acceptors (Lipinski definition) is 3. The van der Waals surface area contributed by atoms with Crippen LogP contribution in [0.3, 0.4) is 0 Å². The van der Waals surface area contributed by atoms with Gasteiger partial charge in [0.1, 0.15) is 11.6 Å². The van der Waals surface area contributed by atoms with E-state index in [1.807, 2.05) is 12.3 Å². The van der Waals surface area contributed by atoms with E-state index in [0.29, 0.717) is 24.5 Å². The van der Waals surface area contributed by atoms with Crippen molar-refractivity contribution in [3.63, 3.8) is 0 Å². The van der Waals surface area contributed by atoms with Crippen LogP contribution in [0, 0.1) is 0 Å². The zero-order valence-electron chi connectivity index (χ0n) is 9.78. The summed E-state index contributed by atoms with van der Waals surface area (Å²) in [5.41, 5.74) is 1.13. The van der Waals surface area contributed by atoms with Gasteiger partial charge in [0.2, 0.25) is 0 Å². The van der Waals surface area contributed by atoms with Gasteiger partial charge in [0.05, 0.1) is 0 Å². The third-order valence-corrected chi connectivity index (χ3v) is 3.15. The van der Waals surface area contributed by atoms with Crippen molar-refractivity contribution in [2.45, 2.75) is 51.4 Å². The van der Waals surface area contributed by atoms with E-state index in [1.54, 1.807) is 0 Å². The van der Waals surface area contributed by atoms with Crippen molar-refractivity contribution >= 4 is 5.78 Å². The van der Waals surface area contributed by atoms with Crippen molar-refractivity contribution in [1.82, 2.24) is 9.97 Å². The normalized spacial score (nSPS) is 17.7. The van der Waals surface area contributed by atoms with Crippen molar-refractivity contribution in [2.75, 3.05) is 0 Å². The van der Waals surface area contributed by atoms with Crippen LogP contribution in [0.15, 0.2) is 12.3 Å². The predicted octanol–water partition coefficient (Wildman–Crippen LogP) is 2.66. The second-order valence-electron chi connectivity index (χ2n) is 4.47. The molecule has 1 fully saturated rings. The van der Waals surface area contributed by atoms with Crippen molar-refractivity contribution in [1.29, 1.82) is 0 Å². The largest absolute Gasteiger partial charge is 0.300 e. The Labute approximate surface area is 96.3 Å². The quantitative estimate of drug-likeness (QED) is 0.783. The average Bonchev–Trinajstić information content (AvgIpc) is 2.31. The molecule has 0 aromatic carbocycles. The summed E-state index contributed by atoms with van der Waals surface area (Å²) in [5.74, 6) is 1.73. The van der Waals surface area contributed by atoms with E-state index in [2.05, 4.69) is 16.9 Å². The van der Waals surface area contributed by atoms with E-state index in [0.717, 1.165) is 37.2 Å². The van der Waals surface area contributed by atoms with Crippen molar-refractivity contribution in [2.24, 2.45) is 0 Å². The number of carbonyl (C=O) groups excluding carboxylic acids is 1. The summed E-state index contributed by atoms with van der Waals surface area (Å²) in [7, 11) is 0. The van der Waals surface area contributed by atoms with Crippen molar-refractivity contribution in [3.8, 4) is 0 Å². The minimum atomic E-state index is 0.390. The highest BCUT2D eigenvalue weighted by Gasteiger charge is 2.22. The Kier molecular flexibility index (Phi) is 3.65. The molecule has 86 valence electrons. The SMILES string of the molecule is CCCc1ccnc(C2CCC(=O)CC2)n1. The van der Waals surface area contributed by atoms with Crippen LogP contribution in [0.5, 0.6) is 0 Å². The molecular weight excluding hydrogens is 200 g/mol. The maximum atomic E-state index is 11.2. The zero-order chi connectivity index (χ0) is 11.4. The summed E-state index contributed by atoms with van der Waals surface area (Å²) in [6, 6.07) is 1.99. The lowest BCUT2D eigenvalue weighted by atomic mass is 9.88. The Balaban J connectivity index is 2.08. The van der Waals surface area contributed by atoms with Gasteiger partial charge in [0.15, 0.2) is 0 Å². The van der Waals surface area contributed by atoms with Gasteiger partial charge >= 0.3 is 0 Å². The molecule has 0 saturated heterocycles. The van der Waals surface area contributed by atoms with Gasteiger partial charge in [0.25, 0.3) is 0 Å². The molecule has 0 spiro atoms. The highest BCUT2D eigenvalue weighted by molar-refractivity contribution is 5.79. The van der Waals surface area contributed by atoms with Crippen LogP contribution < -0.4 is 0 Å². The van der Waals surface area contributed by atoms with Crippen LogP contribution in [-0.4, -0.2) is 15.8 Å². The molecule has 0 atom stereocenters. The highest BCUT2D eigenvalue weighted by Crippen LogP contribution is 2.28. The Morgan fingerprint density at radius 3 is 2.81 bits per heavy atom. The van der Waals surface area contributed by atoms with E-state index in [1.165, 1.54) is 0 Å². The van der Waals surface area contributed by atoms with Crippen LogP contribution in [0.1, 0.15) is 56.5 Å². The molecule has 0 unspecified atom stereocenters. The second-order valence-corrected chi connectivity index (χ2v) is 4.47. The Morgan fingerprint density at radius 1 is 1.38 bits per heavy atom. The molecule has 0 amide bonds. The van der Waals surface area contributed by atoms with E-state index >= 15 is 0 Å². The van der Waals surface area contributed by atoms with Crippen LogP contribution in [0.2, 0.25) is 0 Å². The molecule has 0 aliphatic heterocycles. The molecule has 2 rings (SSSR count). The Morgan fingerprint density at radius 2 is 2.12 bits per heavy atom. The molecule has 1 aromatic rings. The molecule has 1 heterocycles. The summed E-state index contributed by atoms with van der Waals surface area (Å²) in [5, 5.41) is 0. The zero-order valence-corrected chi connectivity index (χ0v) is 9.78. The van der Waals surface area contributed by atoms with Gasteiger partial charge < -0.3 is 0 Å². The fraction of sp³-hybridized carbons (Fsp3) is 0.615. The molecule has 16 heavy (non-hydrogen) atoms. The molecule has 0 radical (unpaired) electrons. The maximum absolute atomic E-state index is 11.2. The van der Waals surface area contributed by atoms with E-state index in [-0.39, 0.29) is 0 Å². The first-order valence-corrected chi connectivity index (χ1v) is 6.13. The highest BCUT2D eigenvalue weighted by atomic mass is 16.1. The van der Waals surface area contributed by atoms with E-state index in [4.69, 9.17) is 0 Å². The van der Waals surface area contributed by atoms with Crippen molar-refractivity contribution in [3.05, 3.63) is 23.8 Å². The summed E-state index contributed by atoms with van der Waals surface area (Å²) >= 11 is 0. The van der Waals surface area contributed by atoms with Gasteiger partial charge in [0, 0.05) is 30.7 Å². The number of hydrogen-bond donors (Lipinski definition) is 0. The third-order valence-electron chi connectivity index (χ3n) is 3.15. The second kappa shape index (κ2) is 5.19. The van der Waals surface area contributed by atoms with E-state index in [9.17, 15) is 4.79 Å². The molecule has 0 bridgehead atoms. The molecule has 1 saturated carbocycles. The average molecular weight is 218 g/mol. The first-order valence-electron chi connectivity index (χ1n) is 6.13. The van der Waals surface area contributed by atoms with Gasteiger partial charge in [-0.15, -0.1) is 0 Å². The number of aromatic nitrogens is 2. The van der Waals surface area contributed by atoms with Gasteiger partial charge in [-0.05, 0) is 25.3 Å². The number of aryl methyl sites for hydroxylation is 1. The van der Waals surface area contributed by atoms with Gasteiger partial charge in [-0.1, -0.05) is 13.3 Å². The van der Waals surface area contributed by atoms with Crippen LogP contribution in [-0.2, 0) is 11.2 Å². The molecular formula is C13H18N2O. The lowest BCUT2D eigenvalue weighted by Gasteiger charge is -2.19. The van der Waals surface area contributed by atoms with E-state index < -0.39 is 0 Å². The number of carbonyl (C=O) groups is 1. The summed E-state index contributed by atoms with van der Waals surface area (Å²) < 4.78 is 0. The van der Waals surface area contributed by atoms with Crippen LogP contribution >= 0.6 is 0 Å². The standard InChI is InChI=1S/C13H18N2O/c1-2-3-11-8-9-14-13(15-11)10-4-6-12(16)7-5-10/h8-10H,2-7H2,1H3. The first-order chi connectivity index (χ1) is 7.79. The number of ketones is 1. The lowest BCUT2D eigenvalue weighted by Crippen LogP contribution is -2.15. The van der Waals surface area contributed by atoms with Crippen LogP contribution in [0.4, 0.5) is 0 Å². The number of rotatable bonds is 3. The maximum Gasteiger partial charge on any atom is 0.132 e. The number of nitrogens with zero attached hydrogens (tertiary/aromatic N) is 2. The summed E-state index contributed by atoms with van der Waals surface area (Å²) in [4.78, 5) is 20.1. The molecule has 3 heteroatoms. The minimum absolute atomic E-state index is 0.390. The summed E-state index contributed by atoms with van der Waals surface area (Å²) in [6.45, 7) is 2.15. The molecule has 1 aromatic heterocycles. The minimum Gasteiger partial charge on any atom is -0.300 e. The Bertz CT molecular complexity index is 366. The van der Waals surface area contributed by atoms with Crippen LogP contribution in [0.25, 0.3) is 0 Å². The molecule has 1 aliphatic rings. The lowest BCUT2D eigenvalue weighted by molar-refractivity contribution is -0.120.